The highest BCUT2D eigenvalue weighted by Gasteiger charge is 2.51. The fraction of sp³-hybridized carbons (Fsp3) is 0.250. The van der Waals surface area contributed by atoms with Gasteiger partial charge >= 0.3 is 6.18 Å². The van der Waals surface area contributed by atoms with Gasteiger partial charge in [-0.25, -0.2) is 0 Å². The summed E-state index contributed by atoms with van der Waals surface area (Å²) in [5.41, 5.74) is 0. The van der Waals surface area contributed by atoms with Crippen LogP contribution in [0.3, 0.4) is 0 Å². The number of rotatable bonds is 0. The van der Waals surface area contributed by atoms with Gasteiger partial charge in [-0.1, -0.05) is 71.2 Å². The van der Waals surface area contributed by atoms with Gasteiger partial charge in [-0.15, -0.1) is 0 Å². The highest BCUT2D eigenvalue weighted by atomic mass is 35.6. The van der Waals surface area contributed by atoms with E-state index < -0.39 is 9.97 Å². The molecule has 0 heterocycles. The summed E-state index contributed by atoms with van der Waals surface area (Å²) >= 11 is 13.2. The highest BCUT2D eigenvalue weighted by molar-refractivity contribution is 6.68. The maximum atomic E-state index is 11.2. The largest absolute Gasteiger partial charge is 0.435 e. The minimum atomic E-state index is -4.77. The van der Waals surface area contributed by atoms with Crippen molar-refractivity contribution in [1.82, 2.24) is 0 Å². The van der Waals surface area contributed by atoms with Crippen LogP contribution in [0, 0.1) is 0 Å². The van der Waals surface area contributed by atoms with Gasteiger partial charge in [0.1, 0.15) is 0 Å². The molecule has 0 N–H and O–H groups in total. The van der Waals surface area contributed by atoms with Gasteiger partial charge in [0.15, 0.2) is 0 Å². The Morgan fingerprint density at radius 2 is 0.786 bits per heavy atom. The van der Waals surface area contributed by atoms with Gasteiger partial charge in [-0.2, -0.15) is 13.2 Å². The first kappa shape index (κ1) is 13.9. The van der Waals surface area contributed by atoms with E-state index in [1.807, 2.05) is 36.4 Å². The zero-order valence-electron chi connectivity index (χ0n) is 6.73. The van der Waals surface area contributed by atoms with Crippen LogP contribution in [-0.2, 0) is 0 Å². The van der Waals surface area contributed by atoms with Crippen molar-refractivity contribution in [2.45, 2.75) is 9.97 Å². The van der Waals surface area contributed by atoms with Crippen molar-refractivity contribution in [3.8, 4) is 0 Å². The smallest absolute Gasteiger partial charge is 0.166 e. The maximum Gasteiger partial charge on any atom is 0.435 e. The molecule has 0 atom stereocenters. The Morgan fingerprint density at radius 1 is 0.643 bits per heavy atom. The molecule has 80 valence electrons. The summed E-state index contributed by atoms with van der Waals surface area (Å²) in [5, 5.41) is 0. The van der Waals surface area contributed by atoms with Crippen LogP contribution in [0.25, 0.3) is 0 Å². The topological polar surface area (TPSA) is 0 Å². The lowest BCUT2D eigenvalue weighted by Crippen LogP contribution is -2.27. The lowest BCUT2D eigenvalue weighted by molar-refractivity contribution is -0.124. The van der Waals surface area contributed by atoms with Gasteiger partial charge in [-0.3, -0.25) is 0 Å². The van der Waals surface area contributed by atoms with Crippen molar-refractivity contribution >= 4 is 34.8 Å². The molecule has 0 nitrogen and oxygen atoms in total. The van der Waals surface area contributed by atoms with Crippen LogP contribution in [0.5, 0.6) is 0 Å². The van der Waals surface area contributed by atoms with E-state index in [-0.39, 0.29) is 0 Å². The molecule has 0 fully saturated rings. The predicted molar refractivity (Wildman–Crippen MR) is 52.8 cm³/mol. The molecule has 1 rings (SSSR count). The molecular weight excluding hydrogens is 259 g/mol. The summed E-state index contributed by atoms with van der Waals surface area (Å²) in [6, 6.07) is 12.0. The minimum Gasteiger partial charge on any atom is -0.166 e. The number of benzene rings is 1. The van der Waals surface area contributed by atoms with Crippen LogP contribution < -0.4 is 0 Å². The first-order valence-corrected chi connectivity index (χ1v) is 4.52. The first-order valence-electron chi connectivity index (χ1n) is 3.38. The number of hydrogen-bond donors (Lipinski definition) is 0. The van der Waals surface area contributed by atoms with Crippen molar-refractivity contribution in [1.29, 1.82) is 0 Å². The van der Waals surface area contributed by atoms with E-state index in [9.17, 15) is 13.2 Å². The summed E-state index contributed by atoms with van der Waals surface area (Å²) in [7, 11) is 0. The lowest BCUT2D eigenvalue weighted by atomic mass is 10.4. The molecule has 0 bridgehead atoms. The Kier molecular flexibility index (Phi) is 5.64. The Hall–Kier alpha value is -0.120. The predicted octanol–water partition coefficient (Wildman–Crippen LogP) is 4.61. The average molecular weight is 265 g/mol. The summed E-state index contributed by atoms with van der Waals surface area (Å²) < 4.78 is 30.4. The molecule has 0 aliphatic carbocycles. The van der Waals surface area contributed by atoms with E-state index in [0.717, 1.165) is 0 Å². The lowest BCUT2D eigenvalue weighted by Gasteiger charge is -2.13. The fourth-order valence-electron chi connectivity index (χ4n) is 0.385. The van der Waals surface area contributed by atoms with Crippen LogP contribution >= 0.6 is 34.8 Å². The molecule has 0 aliphatic rings. The van der Waals surface area contributed by atoms with E-state index in [0.29, 0.717) is 0 Å². The van der Waals surface area contributed by atoms with Crippen LogP contribution in [0.2, 0.25) is 0 Å². The van der Waals surface area contributed by atoms with Crippen LogP contribution in [0.15, 0.2) is 36.4 Å². The van der Waals surface area contributed by atoms with E-state index in [1.165, 1.54) is 0 Å². The molecule has 0 spiro atoms. The molecular formula is C8H6Cl3F3. The third-order valence-corrected chi connectivity index (χ3v) is 1.63. The van der Waals surface area contributed by atoms with Crippen LogP contribution in [-0.4, -0.2) is 9.97 Å². The van der Waals surface area contributed by atoms with E-state index in [4.69, 9.17) is 0 Å². The molecule has 0 aliphatic heterocycles. The number of hydrogen-bond acceptors (Lipinski definition) is 0. The third kappa shape index (κ3) is 6.35. The monoisotopic (exact) mass is 264 g/mol. The van der Waals surface area contributed by atoms with E-state index in [1.54, 1.807) is 0 Å². The van der Waals surface area contributed by atoms with E-state index >= 15 is 0 Å². The zero-order chi connectivity index (χ0) is 11.2. The average Bonchev–Trinajstić information content (AvgIpc) is 2.05. The van der Waals surface area contributed by atoms with Gasteiger partial charge in [0.2, 0.25) is 0 Å². The highest BCUT2D eigenvalue weighted by Crippen LogP contribution is 2.42. The SMILES string of the molecule is FC(F)(F)C(Cl)(Cl)Cl.c1ccccc1. The standard InChI is InChI=1S/C6H6.C2Cl3F3/c1-2-4-6-5-3-1;3-1(4,5)2(6,7)8/h1-6H;. The Labute approximate surface area is 94.6 Å². The Balaban J connectivity index is 0.000000249. The Bertz CT molecular complexity index is 202. The van der Waals surface area contributed by atoms with Gasteiger partial charge in [0, 0.05) is 0 Å². The zero-order valence-corrected chi connectivity index (χ0v) is 9.00. The summed E-state index contributed by atoms with van der Waals surface area (Å²) in [4.78, 5) is 0. The molecule has 1 aromatic carbocycles. The van der Waals surface area contributed by atoms with Crippen molar-refractivity contribution < 1.29 is 13.2 Å². The number of alkyl halides is 6. The molecule has 0 saturated heterocycles. The molecule has 0 amide bonds. The molecule has 0 unspecified atom stereocenters. The van der Waals surface area contributed by atoms with Crippen molar-refractivity contribution in [3.63, 3.8) is 0 Å². The van der Waals surface area contributed by atoms with Gasteiger partial charge < -0.3 is 0 Å². The molecule has 14 heavy (non-hydrogen) atoms. The quantitative estimate of drug-likeness (QED) is 0.601. The van der Waals surface area contributed by atoms with Gasteiger partial charge in [0.05, 0.1) is 0 Å². The van der Waals surface area contributed by atoms with Gasteiger partial charge in [-0.05, 0) is 0 Å². The van der Waals surface area contributed by atoms with E-state index in [2.05, 4.69) is 34.8 Å². The van der Waals surface area contributed by atoms with Crippen molar-refractivity contribution in [2.24, 2.45) is 0 Å². The second-order valence-electron chi connectivity index (χ2n) is 2.15. The third-order valence-electron chi connectivity index (χ3n) is 0.988. The van der Waals surface area contributed by atoms with Crippen LogP contribution in [0.4, 0.5) is 13.2 Å². The molecule has 6 heteroatoms. The van der Waals surface area contributed by atoms with Crippen molar-refractivity contribution in [3.05, 3.63) is 36.4 Å². The molecule has 0 radical (unpaired) electrons. The number of halogens is 6. The summed E-state index contributed by atoms with van der Waals surface area (Å²) in [6.07, 6.45) is -4.77. The maximum absolute atomic E-state index is 11.2. The summed E-state index contributed by atoms with van der Waals surface area (Å²) in [5.74, 6) is 0. The van der Waals surface area contributed by atoms with Crippen LogP contribution in [0.1, 0.15) is 0 Å². The normalized spacial score (nSPS) is 11.6. The first-order chi connectivity index (χ1) is 6.25. The van der Waals surface area contributed by atoms with Gasteiger partial charge in [0.25, 0.3) is 3.79 Å². The minimum absolute atomic E-state index is 2.00. The summed E-state index contributed by atoms with van der Waals surface area (Å²) in [6.45, 7) is 0. The second-order valence-corrected chi connectivity index (χ2v) is 4.43. The molecule has 0 saturated carbocycles. The fourth-order valence-corrected chi connectivity index (χ4v) is 0.385. The Morgan fingerprint density at radius 3 is 0.857 bits per heavy atom. The molecule has 1 aromatic rings. The molecule has 0 aromatic heterocycles. The second kappa shape index (κ2) is 5.69. The van der Waals surface area contributed by atoms with Crippen molar-refractivity contribution in [2.75, 3.05) is 0 Å².